The van der Waals surface area contributed by atoms with Gasteiger partial charge in [0.05, 0.1) is 17.6 Å². The monoisotopic (exact) mass is 373 g/mol. The zero-order valence-electron chi connectivity index (χ0n) is 13.3. The molecular formula is C19H13Cl2NO3. The number of aromatic nitrogens is 1. The van der Waals surface area contributed by atoms with Gasteiger partial charge in [-0.3, -0.25) is 14.2 Å². The highest BCUT2D eigenvalue weighted by molar-refractivity contribution is 6.32. The standard InChI is InChI=1S/C19H13Cl2NO3/c1-10(23)22-16-8-11(20)6-7-13(16)19-18(22)14(9-17(24)25-19)12-4-2-3-5-15(12)21/h2-8,14H,9H2,1H3. The minimum Gasteiger partial charge on any atom is -0.424 e. The molecule has 0 saturated carbocycles. The minimum absolute atomic E-state index is 0.119. The van der Waals surface area contributed by atoms with Gasteiger partial charge in [0.2, 0.25) is 5.91 Å². The number of esters is 1. The Kier molecular flexibility index (Phi) is 3.82. The number of halogens is 2. The molecule has 0 fully saturated rings. The summed E-state index contributed by atoms with van der Waals surface area (Å²) < 4.78 is 7.08. The van der Waals surface area contributed by atoms with Crippen LogP contribution in [0, 0.1) is 0 Å². The molecule has 2 aromatic carbocycles. The first-order valence-corrected chi connectivity index (χ1v) is 8.53. The number of fused-ring (bicyclic) bond motifs is 3. The van der Waals surface area contributed by atoms with Gasteiger partial charge in [-0.25, -0.2) is 0 Å². The Morgan fingerprint density at radius 2 is 1.96 bits per heavy atom. The molecular weight excluding hydrogens is 361 g/mol. The van der Waals surface area contributed by atoms with E-state index >= 15 is 0 Å². The van der Waals surface area contributed by atoms with E-state index in [9.17, 15) is 9.59 Å². The summed E-state index contributed by atoms with van der Waals surface area (Å²) in [4.78, 5) is 24.6. The molecule has 1 unspecified atom stereocenters. The van der Waals surface area contributed by atoms with E-state index in [1.54, 1.807) is 28.8 Å². The van der Waals surface area contributed by atoms with Gasteiger partial charge in [-0.2, -0.15) is 0 Å². The van der Waals surface area contributed by atoms with Crippen LogP contribution in [0.1, 0.15) is 35.3 Å². The van der Waals surface area contributed by atoms with Crippen molar-refractivity contribution < 1.29 is 14.3 Å². The summed E-state index contributed by atoms with van der Waals surface area (Å²) in [6.45, 7) is 1.47. The molecule has 1 aliphatic heterocycles. The average molecular weight is 374 g/mol. The van der Waals surface area contributed by atoms with Gasteiger partial charge in [-0.1, -0.05) is 41.4 Å². The van der Waals surface area contributed by atoms with Crippen molar-refractivity contribution in [3.63, 3.8) is 0 Å². The predicted octanol–water partition coefficient (Wildman–Crippen LogP) is 5.05. The average Bonchev–Trinajstić information content (AvgIpc) is 2.88. The van der Waals surface area contributed by atoms with Crippen LogP contribution < -0.4 is 4.74 Å². The summed E-state index contributed by atoms with van der Waals surface area (Å²) in [5.74, 6) is -0.485. The molecule has 4 rings (SSSR count). The normalized spacial score (nSPS) is 16.6. The lowest BCUT2D eigenvalue weighted by molar-refractivity contribution is -0.135. The SMILES string of the molecule is CC(=O)n1c2c(c3ccc(Cl)cc31)OC(=O)CC2c1ccccc1Cl. The molecule has 0 N–H and O–H groups in total. The smallest absolute Gasteiger partial charge is 0.312 e. The molecule has 126 valence electrons. The molecule has 25 heavy (non-hydrogen) atoms. The van der Waals surface area contributed by atoms with Crippen molar-refractivity contribution in [1.82, 2.24) is 4.57 Å². The minimum atomic E-state index is -0.361. The van der Waals surface area contributed by atoms with Crippen molar-refractivity contribution in [2.75, 3.05) is 0 Å². The van der Waals surface area contributed by atoms with Crippen molar-refractivity contribution in [3.8, 4) is 5.75 Å². The molecule has 0 saturated heterocycles. The number of ether oxygens (including phenoxy) is 1. The Balaban J connectivity index is 2.09. The number of carbonyl (C=O) groups excluding carboxylic acids is 2. The maximum Gasteiger partial charge on any atom is 0.312 e. The third kappa shape index (κ3) is 2.53. The molecule has 2 heterocycles. The Labute approximate surface area is 153 Å². The fraction of sp³-hybridized carbons (Fsp3) is 0.158. The first-order valence-electron chi connectivity index (χ1n) is 7.77. The fourth-order valence-corrected chi connectivity index (χ4v) is 3.88. The van der Waals surface area contributed by atoms with Crippen molar-refractivity contribution >= 4 is 46.0 Å². The molecule has 0 bridgehead atoms. The molecule has 3 aromatic rings. The van der Waals surface area contributed by atoms with Gasteiger partial charge in [-0.15, -0.1) is 0 Å². The summed E-state index contributed by atoms with van der Waals surface area (Å²) in [5, 5.41) is 1.73. The van der Waals surface area contributed by atoms with Gasteiger partial charge in [0.1, 0.15) is 0 Å². The molecule has 1 atom stereocenters. The highest BCUT2D eigenvalue weighted by Crippen LogP contribution is 2.46. The van der Waals surface area contributed by atoms with E-state index in [-0.39, 0.29) is 24.2 Å². The zero-order valence-corrected chi connectivity index (χ0v) is 14.8. The predicted molar refractivity (Wildman–Crippen MR) is 96.8 cm³/mol. The third-order valence-electron chi connectivity index (χ3n) is 4.43. The number of rotatable bonds is 1. The second-order valence-corrected chi connectivity index (χ2v) is 6.83. The second kappa shape index (κ2) is 5.90. The largest absolute Gasteiger partial charge is 0.424 e. The van der Waals surface area contributed by atoms with Crippen LogP contribution >= 0.6 is 23.2 Å². The summed E-state index contributed by atoms with van der Waals surface area (Å²) in [6.07, 6.45) is 0.119. The lowest BCUT2D eigenvalue weighted by Gasteiger charge is -2.24. The number of benzene rings is 2. The summed E-state index contributed by atoms with van der Waals surface area (Å²) in [7, 11) is 0. The van der Waals surface area contributed by atoms with Crippen LogP contribution in [0.3, 0.4) is 0 Å². The first kappa shape index (κ1) is 16.2. The summed E-state index contributed by atoms with van der Waals surface area (Å²) >= 11 is 12.5. The molecule has 0 aliphatic carbocycles. The second-order valence-electron chi connectivity index (χ2n) is 5.98. The van der Waals surface area contributed by atoms with Crippen LogP contribution in [-0.2, 0) is 4.79 Å². The van der Waals surface area contributed by atoms with E-state index in [1.807, 2.05) is 18.2 Å². The molecule has 1 aliphatic rings. The third-order valence-corrected chi connectivity index (χ3v) is 5.01. The van der Waals surface area contributed by atoms with Gasteiger partial charge in [0.25, 0.3) is 0 Å². The number of hydrogen-bond donors (Lipinski definition) is 0. The molecule has 0 spiro atoms. The van der Waals surface area contributed by atoms with E-state index < -0.39 is 0 Å². The van der Waals surface area contributed by atoms with Crippen LogP contribution in [0.4, 0.5) is 0 Å². The molecule has 6 heteroatoms. The fourth-order valence-electron chi connectivity index (χ4n) is 3.45. The van der Waals surface area contributed by atoms with Gasteiger partial charge >= 0.3 is 5.97 Å². The van der Waals surface area contributed by atoms with Crippen LogP contribution in [0.15, 0.2) is 42.5 Å². The van der Waals surface area contributed by atoms with Crippen molar-refractivity contribution in [1.29, 1.82) is 0 Å². The van der Waals surface area contributed by atoms with Gasteiger partial charge < -0.3 is 4.74 Å². The van der Waals surface area contributed by atoms with E-state index in [2.05, 4.69) is 0 Å². The Hall–Kier alpha value is -2.30. The zero-order chi connectivity index (χ0) is 17.7. The molecule has 0 amide bonds. The maximum absolute atomic E-state index is 12.4. The quantitative estimate of drug-likeness (QED) is 0.560. The Bertz CT molecular complexity index is 1040. The van der Waals surface area contributed by atoms with Crippen molar-refractivity contribution in [2.24, 2.45) is 0 Å². The molecule has 1 aromatic heterocycles. The van der Waals surface area contributed by atoms with Crippen LogP contribution in [0.5, 0.6) is 5.75 Å². The van der Waals surface area contributed by atoms with Crippen molar-refractivity contribution in [3.05, 3.63) is 63.8 Å². The van der Waals surface area contributed by atoms with Gasteiger partial charge in [0.15, 0.2) is 5.75 Å². The lowest BCUT2D eigenvalue weighted by atomic mass is 9.90. The summed E-state index contributed by atoms with van der Waals surface area (Å²) in [5.41, 5.74) is 2.05. The van der Waals surface area contributed by atoms with Crippen LogP contribution in [0.25, 0.3) is 10.9 Å². The number of nitrogens with zero attached hydrogens (tertiary/aromatic N) is 1. The van der Waals surface area contributed by atoms with E-state index in [1.165, 1.54) is 6.92 Å². The van der Waals surface area contributed by atoms with Crippen molar-refractivity contribution in [2.45, 2.75) is 19.3 Å². The van der Waals surface area contributed by atoms with Crippen LogP contribution in [0.2, 0.25) is 10.0 Å². The van der Waals surface area contributed by atoms with E-state index in [4.69, 9.17) is 27.9 Å². The highest BCUT2D eigenvalue weighted by atomic mass is 35.5. The molecule has 0 radical (unpaired) electrons. The van der Waals surface area contributed by atoms with Gasteiger partial charge in [0, 0.05) is 28.3 Å². The van der Waals surface area contributed by atoms with Crippen LogP contribution in [-0.4, -0.2) is 16.4 Å². The van der Waals surface area contributed by atoms with Gasteiger partial charge in [-0.05, 0) is 29.8 Å². The molecule has 4 nitrogen and oxygen atoms in total. The highest BCUT2D eigenvalue weighted by Gasteiger charge is 2.36. The van der Waals surface area contributed by atoms with E-state index in [0.29, 0.717) is 32.4 Å². The number of hydrogen-bond acceptors (Lipinski definition) is 3. The lowest BCUT2D eigenvalue weighted by Crippen LogP contribution is -2.24. The Morgan fingerprint density at radius 3 is 2.68 bits per heavy atom. The van der Waals surface area contributed by atoms with E-state index in [0.717, 1.165) is 5.56 Å². The summed E-state index contributed by atoms with van der Waals surface area (Å²) in [6, 6.07) is 12.5. The first-order chi connectivity index (χ1) is 12.0. The Morgan fingerprint density at radius 1 is 1.20 bits per heavy atom. The maximum atomic E-state index is 12.4. The topological polar surface area (TPSA) is 48.3 Å². The number of carbonyl (C=O) groups is 2.